The molecule has 4 rings (SSSR count). The van der Waals surface area contributed by atoms with Crippen molar-refractivity contribution in [1.82, 2.24) is 14.5 Å². The van der Waals surface area contributed by atoms with Crippen molar-refractivity contribution >= 4 is 44.4 Å². The Morgan fingerprint density at radius 1 is 1.18 bits per heavy atom. The summed E-state index contributed by atoms with van der Waals surface area (Å²) in [4.78, 5) is 45.6. The number of rotatable bonds is 3. The zero-order valence-corrected chi connectivity index (χ0v) is 20.3. The molecule has 10 nitrogen and oxygen atoms in total. The van der Waals surface area contributed by atoms with Gasteiger partial charge in [0.2, 0.25) is 0 Å². The maximum absolute atomic E-state index is 12.8. The number of piperazine rings is 1. The van der Waals surface area contributed by atoms with Crippen molar-refractivity contribution in [2.75, 3.05) is 36.4 Å². The predicted molar refractivity (Wildman–Crippen MR) is 131 cm³/mol. The Balaban J connectivity index is 1.49. The van der Waals surface area contributed by atoms with Crippen LogP contribution in [0.1, 0.15) is 31.1 Å². The molecule has 1 fully saturated rings. The lowest BCUT2D eigenvalue weighted by molar-refractivity contribution is 0.0240. The number of thiazole rings is 1. The van der Waals surface area contributed by atoms with E-state index in [2.05, 4.69) is 15.2 Å². The van der Waals surface area contributed by atoms with E-state index in [1.165, 1.54) is 28.0 Å². The van der Waals surface area contributed by atoms with Crippen LogP contribution in [0.15, 0.2) is 35.3 Å². The van der Waals surface area contributed by atoms with Gasteiger partial charge in [-0.05, 0) is 39.0 Å². The number of pyridine rings is 1. The Kier molecular flexibility index (Phi) is 6.22. The summed E-state index contributed by atoms with van der Waals surface area (Å²) in [5.41, 5.74) is -0.132. The molecule has 2 aromatic heterocycles. The van der Waals surface area contributed by atoms with Crippen molar-refractivity contribution < 1.29 is 19.4 Å². The van der Waals surface area contributed by atoms with Crippen molar-refractivity contribution in [3.8, 4) is 5.75 Å². The molecule has 0 radical (unpaired) electrons. The van der Waals surface area contributed by atoms with Crippen LogP contribution in [0.5, 0.6) is 5.75 Å². The molecule has 34 heavy (non-hydrogen) atoms. The molecule has 0 atom stereocenters. The number of carbonyl (C=O) groups excluding carboxylic acids is 2. The molecular formula is C23H27N5O5S. The van der Waals surface area contributed by atoms with E-state index in [1.54, 1.807) is 30.3 Å². The lowest BCUT2D eigenvalue weighted by atomic mass is 10.1. The number of phenols is 1. The summed E-state index contributed by atoms with van der Waals surface area (Å²) in [6.45, 7) is 7.72. The molecule has 3 heterocycles. The molecule has 3 aromatic rings. The standard InChI is InChI=1S/C23H27N5O5S/c1-23(2,3)33-22(32)28-10-8-27(9-11-28)21-25-16-13-17(29)14(12-18(16)34-21)19(30)24-15-6-5-7-26(4)20(15)31/h5-7,12-13,29H,8-11H2,1-4H3,(H,24,30). The van der Waals surface area contributed by atoms with Crippen molar-refractivity contribution in [2.45, 2.75) is 26.4 Å². The van der Waals surface area contributed by atoms with E-state index in [-0.39, 0.29) is 28.7 Å². The second-order valence-corrected chi connectivity index (χ2v) is 10.1. The van der Waals surface area contributed by atoms with E-state index in [0.717, 1.165) is 9.83 Å². The molecule has 0 unspecified atom stereocenters. The Bertz CT molecular complexity index is 1300. The molecule has 2 N–H and O–H groups in total. The zero-order chi connectivity index (χ0) is 24.6. The third-order valence-electron chi connectivity index (χ3n) is 5.31. The number of benzene rings is 1. The van der Waals surface area contributed by atoms with Gasteiger partial charge in [0.15, 0.2) is 5.13 Å². The molecule has 0 bridgehead atoms. The van der Waals surface area contributed by atoms with E-state index in [4.69, 9.17) is 4.74 Å². The first-order chi connectivity index (χ1) is 16.0. The van der Waals surface area contributed by atoms with Gasteiger partial charge in [-0.15, -0.1) is 0 Å². The monoisotopic (exact) mass is 485 g/mol. The number of carbonyl (C=O) groups is 2. The highest BCUT2D eigenvalue weighted by atomic mass is 32.1. The predicted octanol–water partition coefficient (Wildman–Crippen LogP) is 3.01. The normalized spacial score (nSPS) is 14.4. The molecule has 1 aromatic carbocycles. The second-order valence-electron chi connectivity index (χ2n) is 9.08. The van der Waals surface area contributed by atoms with Gasteiger partial charge in [0.1, 0.15) is 17.0 Å². The third kappa shape index (κ3) is 4.98. The summed E-state index contributed by atoms with van der Waals surface area (Å²) in [6.07, 6.45) is 1.26. The molecule has 0 saturated carbocycles. The minimum absolute atomic E-state index is 0.0587. The number of hydrogen-bond donors (Lipinski definition) is 2. The first-order valence-corrected chi connectivity index (χ1v) is 11.7. The van der Waals surface area contributed by atoms with Gasteiger partial charge in [-0.3, -0.25) is 9.59 Å². The number of aromatic nitrogens is 2. The van der Waals surface area contributed by atoms with Crippen molar-refractivity contribution in [2.24, 2.45) is 7.05 Å². The highest BCUT2D eigenvalue weighted by molar-refractivity contribution is 7.22. The fraction of sp³-hybridized carbons (Fsp3) is 0.391. The van der Waals surface area contributed by atoms with Crippen LogP contribution < -0.4 is 15.8 Å². The van der Waals surface area contributed by atoms with E-state index in [9.17, 15) is 19.5 Å². The molecular weight excluding hydrogens is 458 g/mol. The van der Waals surface area contributed by atoms with Crippen molar-refractivity contribution in [1.29, 1.82) is 0 Å². The van der Waals surface area contributed by atoms with Crippen LogP contribution in [-0.2, 0) is 11.8 Å². The number of fused-ring (bicyclic) bond motifs is 1. The number of nitrogens with one attached hydrogen (secondary N) is 1. The van der Waals surface area contributed by atoms with Crippen LogP contribution >= 0.6 is 11.3 Å². The summed E-state index contributed by atoms with van der Waals surface area (Å²) >= 11 is 1.40. The fourth-order valence-corrected chi connectivity index (χ4v) is 4.60. The minimum atomic E-state index is -0.580. The van der Waals surface area contributed by atoms with Gasteiger partial charge in [-0.2, -0.15) is 0 Å². The number of anilines is 2. The molecule has 11 heteroatoms. The topological polar surface area (TPSA) is 117 Å². The molecule has 180 valence electrons. The van der Waals surface area contributed by atoms with Gasteiger partial charge in [-0.1, -0.05) is 11.3 Å². The SMILES string of the molecule is Cn1cccc(NC(=O)c2cc3sc(N4CCN(C(=O)OC(C)(C)C)CC4)nc3cc2O)c1=O. The van der Waals surface area contributed by atoms with Crippen LogP contribution in [0.3, 0.4) is 0 Å². The second kappa shape index (κ2) is 8.98. The van der Waals surface area contributed by atoms with Crippen LogP contribution in [0, 0.1) is 0 Å². The number of aromatic hydroxyl groups is 1. The Hall–Kier alpha value is -3.60. The van der Waals surface area contributed by atoms with E-state index < -0.39 is 11.5 Å². The maximum atomic E-state index is 12.8. The van der Waals surface area contributed by atoms with Gasteiger partial charge >= 0.3 is 6.09 Å². The van der Waals surface area contributed by atoms with Gasteiger partial charge in [-0.25, -0.2) is 9.78 Å². The van der Waals surface area contributed by atoms with E-state index in [1.807, 2.05) is 20.8 Å². The lowest BCUT2D eigenvalue weighted by Crippen LogP contribution is -2.50. The Morgan fingerprint density at radius 2 is 1.88 bits per heavy atom. The minimum Gasteiger partial charge on any atom is -0.507 e. The van der Waals surface area contributed by atoms with Crippen LogP contribution in [0.25, 0.3) is 10.2 Å². The molecule has 1 aliphatic rings. The molecule has 2 amide bonds. The molecule has 0 aliphatic carbocycles. The number of amides is 2. The number of aryl methyl sites for hydroxylation is 1. The summed E-state index contributed by atoms with van der Waals surface area (Å²) in [5.74, 6) is -0.798. The largest absolute Gasteiger partial charge is 0.507 e. The zero-order valence-electron chi connectivity index (χ0n) is 19.5. The molecule has 0 spiro atoms. The third-order valence-corrected chi connectivity index (χ3v) is 6.39. The maximum Gasteiger partial charge on any atom is 0.410 e. The van der Waals surface area contributed by atoms with Gasteiger partial charge < -0.3 is 29.5 Å². The van der Waals surface area contributed by atoms with Crippen molar-refractivity contribution in [3.63, 3.8) is 0 Å². The lowest BCUT2D eigenvalue weighted by Gasteiger charge is -2.35. The van der Waals surface area contributed by atoms with Crippen LogP contribution in [0.2, 0.25) is 0 Å². The average Bonchev–Trinajstić information content (AvgIpc) is 3.18. The highest BCUT2D eigenvalue weighted by Gasteiger charge is 2.27. The fourth-order valence-electron chi connectivity index (χ4n) is 3.56. The first-order valence-electron chi connectivity index (χ1n) is 10.9. The summed E-state index contributed by atoms with van der Waals surface area (Å²) in [6, 6.07) is 6.19. The summed E-state index contributed by atoms with van der Waals surface area (Å²) in [5, 5.41) is 13.7. The Morgan fingerprint density at radius 3 is 2.56 bits per heavy atom. The molecule has 1 aliphatic heterocycles. The average molecular weight is 486 g/mol. The smallest absolute Gasteiger partial charge is 0.410 e. The number of phenolic OH excluding ortho intramolecular Hbond substituents is 1. The highest BCUT2D eigenvalue weighted by Crippen LogP contribution is 2.34. The van der Waals surface area contributed by atoms with Crippen molar-refractivity contribution in [3.05, 3.63) is 46.4 Å². The van der Waals surface area contributed by atoms with Gasteiger partial charge in [0.25, 0.3) is 11.5 Å². The quantitative estimate of drug-likeness (QED) is 0.586. The Labute approximate surface area is 200 Å². The van der Waals surface area contributed by atoms with E-state index >= 15 is 0 Å². The summed E-state index contributed by atoms with van der Waals surface area (Å²) < 4.78 is 7.53. The first kappa shape index (κ1) is 23.6. The van der Waals surface area contributed by atoms with Gasteiger partial charge in [0.05, 0.1) is 15.8 Å². The number of hydrogen-bond acceptors (Lipinski definition) is 8. The summed E-state index contributed by atoms with van der Waals surface area (Å²) in [7, 11) is 1.59. The van der Waals surface area contributed by atoms with Gasteiger partial charge in [0, 0.05) is 45.5 Å². The van der Waals surface area contributed by atoms with E-state index in [0.29, 0.717) is 31.7 Å². The molecule has 1 saturated heterocycles. The van der Waals surface area contributed by atoms with Crippen LogP contribution in [-0.4, -0.2) is 63.3 Å². The number of nitrogens with zero attached hydrogens (tertiary/aromatic N) is 4. The van der Waals surface area contributed by atoms with Crippen LogP contribution in [0.4, 0.5) is 15.6 Å². The number of ether oxygens (including phenoxy) is 1.